The van der Waals surface area contributed by atoms with E-state index < -0.39 is 0 Å². The van der Waals surface area contributed by atoms with Crippen molar-refractivity contribution in [2.45, 2.75) is 19.3 Å². The molecule has 1 N–H and O–H groups in total. The van der Waals surface area contributed by atoms with Gasteiger partial charge in [-0.2, -0.15) is 0 Å². The highest BCUT2D eigenvalue weighted by molar-refractivity contribution is 6.07. The zero-order chi connectivity index (χ0) is 18.5. The second-order valence-corrected chi connectivity index (χ2v) is 6.78. The van der Waals surface area contributed by atoms with Crippen molar-refractivity contribution >= 4 is 17.4 Å². The van der Waals surface area contributed by atoms with Crippen LogP contribution >= 0.6 is 0 Å². The van der Waals surface area contributed by atoms with Crippen molar-refractivity contribution in [3.8, 4) is 0 Å². The highest BCUT2D eigenvalue weighted by Crippen LogP contribution is 2.28. The van der Waals surface area contributed by atoms with Crippen LogP contribution in [0.5, 0.6) is 0 Å². The summed E-state index contributed by atoms with van der Waals surface area (Å²) in [4.78, 5) is 19.3. The van der Waals surface area contributed by atoms with E-state index in [9.17, 15) is 4.79 Å². The van der Waals surface area contributed by atoms with Crippen LogP contribution in [0.4, 0.5) is 11.5 Å². The number of fused-ring (bicyclic) bond motifs is 1. The summed E-state index contributed by atoms with van der Waals surface area (Å²) in [6.45, 7) is 1.54. The number of hydrogen-bond donors (Lipinski definition) is 1. The van der Waals surface area contributed by atoms with Crippen LogP contribution in [-0.2, 0) is 12.8 Å². The molecule has 4 nitrogen and oxygen atoms in total. The number of benzene rings is 2. The highest BCUT2D eigenvalue weighted by atomic mass is 16.2. The van der Waals surface area contributed by atoms with Gasteiger partial charge in [-0.05, 0) is 48.6 Å². The fourth-order valence-corrected chi connectivity index (χ4v) is 3.54. The molecule has 1 aliphatic rings. The first-order valence-corrected chi connectivity index (χ1v) is 9.45. The van der Waals surface area contributed by atoms with E-state index in [2.05, 4.69) is 28.5 Å². The third-order valence-corrected chi connectivity index (χ3v) is 4.92. The molecule has 0 spiro atoms. The number of pyridine rings is 1. The van der Waals surface area contributed by atoms with E-state index in [4.69, 9.17) is 0 Å². The smallest absolute Gasteiger partial charge is 0.258 e. The molecular weight excluding hydrogens is 334 g/mol. The van der Waals surface area contributed by atoms with Gasteiger partial charge in [0.25, 0.3) is 5.91 Å². The minimum atomic E-state index is 0.0376. The van der Waals surface area contributed by atoms with Crippen LogP contribution < -0.4 is 10.2 Å². The van der Waals surface area contributed by atoms with Crippen LogP contribution in [-0.4, -0.2) is 24.0 Å². The summed E-state index contributed by atoms with van der Waals surface area (Å²) in [5, 5.41) is 3.33. The second kappa shape index (κ2) is 8.04. The Bertz CT molecular complexity index is 924. The third-order valence-electron chi connectivity index (χ3n) is 4.92. The molecule has 2 heterocycles. The Hall–Kier alpha value is -3.14. The number of rotatable bonds is 5. The average Bonchev–Trinajstić information content (AvgIpc) is 2.74. The molecule has 4 rings (SSSR count). The maximum absolute atomic E-state index is 13.1. The van der Waals surface area contributed by atoms with Gasteiger partial charge in [-0.25, -0.2) is 4.98 Å². The monoisotopic (exact) mass is 357 g/mol. The number of aryl methyl sites for hydroxylation is 1. The van der Waals surface area contributed by atoms with Crippen LogP contribution in [0.25, 0.3) is 0 Å². The van der Waals surface area contributed by atoms with Gasteiger partial charge in [0.05, 0.1) is 0 Å². The van der Waals surface area contributed by atoms with E-state index in [0.717, 1.165) is 43.9 Å². The molecule has 1 aliphatic heterocycles. The number of nitrogens with zero attached hydrogens (tertiary/aromatic N) is 2. The van der Waals surface area contributed by atoms with Crippen LogP contribution in [0, 0.1) is 0 Å². The zero-order valence-electron chi connectivity index (χ0n) is 15.3. The minimum absolute atomic E-state index is 0.0376. The molecule has 1 amide bonds. The molecular formula is C23H23N3O. The first-order chi connectivity index (χ1) is 13.3. The molecule has 4 heteroatoms. The first kappa shape index (κ1) is 17.3. The molecule has 0 fully saturated rings. The lowest BCUT2D eigenvalue weighted by Gasteiger charge is -2.29. The van der Waals surface area contributed by atoms with Crippen molar-refractivity contribution in [3.05, 3.63) is 89.6 Å². The van der Waals surface area contributed by atoms with Crippen molar-refractivity contribution < 1.29 is 4.79 Å². The van der Waals surface area contributed by atoms with E-state index >= 15 is 0 Å². The number of aromatic nitrogens is 1. The highest BCUT2D eigenvalue weighted by Gasteiger charge is 2.23. The lowest BCUT2D eigenvalue weighted by atomic mass is 10.0. The van der Waals surface area contributed by atoms with Gasteiger partial charge in [0, 0.05) is 30.5 Å². The van der Waals surface area contributed by atoms with Gasteiger partial charge >= 0.3 is 0 Å². The second-order valence-electron chi connectivity index (χ2n) is 6.78. The molecule has 2 aromatic carbocycles. The molecule has 0 saturated heterocycles. The van der Waals surface area contributed by atoms with Crippen molar-refractivity contribution in [3.63, 3.8) is 0 Å². The SMILES string of the molecule is O=C(c1ccnc(NCCc2ccccc2)c1)N1CCCc2ccccc21. The molecule has 0 saturated carbocycles. The number of hydrogen-bond acceptors (Lipinski definition) is 3. The molecule has 0 bridgehead atoms. The fourth-order valence-electron chi connectivity index (χ4n) is 3.54. The summed E-state index contributed by atoms with van der Waals surface area (Å²) in [5.41, 5.74) is 4.22. The Morgan fingerprint density at radius 2 is 1.85 bits per heavy atom. The summed E-state index contributed by atoms with van der Waals surface area (Å²) in [5.74, 6) is 0.776. The van der Waals surface area contributed by atoms with Gasteiger partial charge in [-0.3, -0.25) is 4.79 Å². The molecule has 1 aromatic heterocycles. The third kappa shape index (κ3) is 4.00. The Morgan fingerprint density at radius 3 is 2.74 bits per heavy atom. The molecule has 0 aliphatic carbocycles. The van der Waals surface area contributed by atoms with Crippen LogP contribution in [0.3, 0.4) is 0 Å². The molecule has 27 heavy (non-hydrogen) atoms. The lowest BCUT2D eigenvalue weighted by molar-refractivity contribution is 0.0985. The largest absolute Gasteiger partial charge is 0.370 e. The van der Waals surface area contributed by atoms with E-state index in [0.29, 0.717) is 5.56 Å². The minimum Gasteiger partial charge on any atom is -0.370 e. The van der Waals surface area contributed by atoms with Gasteiger partial charge in [-0.15, -0.1) is 0 Å². The first-order valence-electron chi connectivity index (χ1n) is 9.45. The molecule has 0 atom stereocenters. The van der Waals surface area contributed by atoms with Crippen molar-refractivity contribution in [1.82, 2.24) is 4.98 Å². The maximum Gasteiger partial charge on any atom is 0.258 e. The van der Waals surface area contributed by atoms with E-state index in [1.54, 1.807) is 12.3 Å². The number of carbonyl (C=O) groups is 1. The average molecular weight is 357 g/mol. The summed E-state index contributed by atoms with van der Waals surface area (Å²) in [7, 11) is 0. The lowest BCUT2D eigenvalue weighted by Crippen LogP contribution is -2.35. The Labute approximate surface area is 159 Å². The summed E-state index contributed by atoms with van der Waals surface area (Å²) in [6.07, 6.45) is 4.65. The van der Waals surface area contributed by atoms with Gasteiger partial charge in [-0.1, -0.05) is 48.5 Å². The number of amides is 1. The van der Waals surface area contributed by atoms with Crippen molar-refractivity contribution in [2.75, 3.05) is 23.3 Å². The standard InChI is InChI=1S/C23H23N3O/c27-23(26-16-6-10-19-9-4-5-11-21(19)26)20-13-15-25-22(17-20)24-14-12-18-7-2-1-3-8-18/h1-5,7-9,11,13,15,17H,6,10,12,14,16H2,(H,24,25). The topological polar surface area (TPSA) is 45.2 Å². The van der Waals surface area contributed by atoms with E-state index in [1.165, 1.54) is 11.1 Å². The molecule has 0 radical (unpaired) electrons. The summed E-state index contributed by atoms with van der Waals surface area (Å²) >= 11 is 0. The van der Waals surface area contributed by atoms with E-state index in [1.807, 2.05) is 47.4 Å². The number of nitrogens with one attached hydrogen (secondary N) is 1. The van der Waals surface area contributed by atoms with Gasteiger partial charge in [0.2, 0.25) is 0 Å². The van der Waals surface area contributed by atoms with Gasteiger partial charge in [0.15, 0.2) is 0 Å². The normalized spacial score (nSPS) is 13.1. The number of anilines is 2. The maximum atomic E-state index is 13.1. The Kier molecular flexibility index (Phi) is 5.15. The predicted octanol–water partition coefficient (Wildman–Crippen LogP) is 4.33. The van der Waals surface area contributed by atoms with E-state index in [-0.39, 0.29) is 5.91 Å². The molecule has 0 unspecified atom stereocenters. The molecule has 3 aromatic rings. The van der Waals surface area contributed by atoms with Crippen molar-refractivity contribution in [1.29, 1.82) is 0 Å². The van der Waals surface area contributed by atoms with Crippen LogP contribution in [0.1, 0.15) is 27.9 Å². The predicted molar refractivity (Wildman–Crippen MR) is 109 cm³/mol. The number of para-hydroxylation sites is 1. The van der Waals surface area contributed by atoms with Gasteiger partial charge < -0.3 is 10.2 Å². The summed E-state index contributed by atoms with van der Waals surface area (Å²) < 4.78 is 0. The fraction of sp³-hybridized carbons (Fsp3) is 0.217. The van der Waals surface area contributed by atoms with Gasteiger partial charge in [0.1, 0.15) is 5.82 Å². The summed E-state index contributed by atoms with van der Waals surface area (Å²) in [6, 6.07) is 22.2. The van der Waals surface area contributed by atoms with Crippen molar-refractivity contribution in [2.24, 2.45) is 0 Å². The molecule has 136 valence electrons. The Balaban J connectivity index is 1.45. The Morgan fingerprint density at radius 1 is 1.04 bits per heavy atom. The van der Waals surface area contributed by atoms with Crippen LogP contribution in [0.2, 0.25) is 0 Å². The quantitative estimate of drug-likeness (QED) is 0.739. The number of carbonyl (C=O) groups excluding carboxylic acids is 1. The van der Waals surface area contributed by atoms with Crippen LogP contribution in [0.15, 0.2) is 72.9 Å². The zero-order valence-corrected chi connectivity index (χ0v) is 15.3.